The van der Waals surface area contributed by atoms with Crippen LogP contribution in [0.4, 0.5) is 0 Å². The molecule has 130 valence electrons. The van der Waals surface area contributed by atoms with E-state index < -0.39 is 0 Å². The second kappa shape index (κ2) is 7.23. The fourth-order valence-corrected chi connectivity index (χ4v) is 4.46. The van der Waals surface area contributed by atoms with E-state index in [9.17, 15) is 4.79 Å². The fourth-order valence-electron chi connectivity index (χ4n) is 3.08. The van der Waals surface area contributed by atoms with Gasteiger partial charge >= 0.3 is 0 Å². The Bertz CT molecular complexity index is 899. The van der Waals surface area contributed by atoms with Crippen LogP contribution in [-0.2, 0) is 0 Å². The number of hydrogen-bond donors (Lipinski definition) is 3. The van der Waals surface area contributed by atoms with Gasteiger partial charge in [-0.2, -0.15) is 0 Å². The lowest BCUT2D eigenvalue weighted by molar-refractivity contribution is 0.0946. The van der Waals surface area contributed by atoms with Crippen LogP contribution >= 0.6 is 27.3 Å². The number of nitrogens with one attached hydrogen (secondary N) is 3. The van der Waals surface area contributed by atoms with Crippen molar-refractivity contribution in [3.8, 4) is 10.7 Å². The third kappa shape index (κ3) is 3.61. The molecule has 0 saturated carbocycles. The van der Waals surface area contributed by atoms with Crippen molar-refractivity contribution in [3.05, 3.63) is 33.7 Å². The monoisotopic (exact) mass is 419 g/mol. The molecule has 1 aliphatic heterocycles. The molecule has 25 heavy (non-hydrogen) atoms. The minimum atomic E-state index is -0.0828. The molecule has 1 aliphatic rings. The molecular formula is C17H18BrN5OS. The van der Waals surface area contributed by atoms with E-state index >= 15 is 0 Å². The Kier molecular flexibility index (Phi) is 4.82. The molecule has 1 saturated heterocycles. The molecule has 4 rings (SSSR count). The first-order chi connectivity index (χ1) is 12.2. The van der Waals surface area contributed by atoms with Gasteiger partial charge in [-0.3, -0.25) is 4.79 Å². The van der Waals surface area contributed by atoms with E-state index in [2.05, 4.69) is 41.5 Å². The van der Waals surface area contributed by atoms with Crippen molar-refractivity contribution in [2.45, 2.75) is 12.8 Å². The number of carbonyl (C=O) groups excluding carboxylic acids is 1. The van der Waals surface area contributed by atoms with Gasteiger partial charge in [-0.25, -0.2) is 9.97 Å². The summed E-state index contributed by atoms with van der Waals surface area (Å²) in [6.07, 6.45) is 3.95. The zero-order valence-electron chi connectivity index (χ0n) is 13.5. The van der Waals surface area contributed by atoms with Crippen molar-refractivity contribution in [1.29, 1.82) is 0 Å². The maximum absolute atomic E-state index is 12.6. The van der Waals surface area contributed by atoms with Gasteiger partial charge in [0.2, 0.25) is 0 Å². The van der Waals surface area contributed by atoms with Crippen molar-refractivity contribution in [1.82, 2.24) is 25.6 Å². The molecule has 0 bridgehead atoms. The normalized spacial score (nSPS) is 17.7. The third-order valence-electron chi connectivity index (χ3n) is 4.39. The summed E-state index contributed by atoms with van der Waals surface area (Å²) in [5, 5.41) is 8.43. The summed E-state index contributed by atoms with van der Waals surface area (Å²) in [7, 11) is 0. The Morgan fingerprint density at radius 1 is 1.48 bits per heavy atom. The number of nitrogens with zero attached hydrogens (tertiary/aromatic N) is 2. The van der Waals surface area contributed by atoms with Crippen LogP contribution in [0, 0.1) is 5.92 Å². The molecule has 0 unspecified atom stereocenters. The Hall–Kier alpha value is -1.77. The van der Waals surface area contributed by atoms with Gasteiger partial charge < -0.3 is 15.6 Å². The minimum Gasteiger partial charge on any atom is -0.352 e. The van der Waals surface area contributed by atoms with Crippen molar-refractivity contribution < 1.29 is 4.79 Å². The second-order valence-corrected chi connectivity index (χ2v) is 8.02. The summed E-state index contributed by atoms with van der Waals surface area (Å²) in [5.41, 5.74) is 1.83. The van der Waals surface area contributed by atoms with Gasteiger partial charge in [-0.1, -0.05) is 0 Å². The maximum Gasteiger partial charge on any atom is 0.253 e. The summed E-state index contributed by atoms with van der Waals surface area (Å²) in [6.45, 7) is 2.73. The summed E-state index contributed by atoms with van der Waals surface area (Å²) < 4.78 is 1.01. The molecule has 6 nitrogen and oxygen atoms in total. The van der Waals surface area contributed by atoms with Gasteiger partial charge in [0.15, 0.2) is 11.5 Å². The highest BCUT2D eigenvalue weighted by Gasteiger charge is 2.18. The second-order valence-electron chi connectivity index (χ2n) is 6.19. The van der Waals surface area contributed by atoms with E-state index in [1.54, 1.807) is 23.6 Å². The van der Waals surface area contributed by atoms with Gasteiger partial charge in [-0.15, -0.1) is 11.3 Å². The zero-order valence-corrected chi connectivity index (χ0v) is 15.9. The van der Waals surface area contributed by atoms with Crippen LogP contribution in [0.25, 0.3) is 21.9 Å². The fraction of sp³-hybridized carbons (Fsp3) is 0.353. The Morgan fingerprint density at radius 3 is 3.16 bits per heavy atom. The SMILES string of the molecule is O=C(NC[C@H]1CCCNC1)c1ccnc2nc(-c3cc(Br)cs3)[nH]c12. The Morgan fingerprint density at radius 2 is 2.40 bits per heavy atom. The van der Waals surface area contributed by atoms with Gasteiger partial charge in [0, 0.05) is 22.6 Å². The average molecular weight is 420 g/mol. The number of amides is 1. The predicted octanol–water partition coefficient (Wildman–Crippen LogP) is 3.18. The number of aromatic amines is 1. The molecule has 1 atom stereocenters. The van der Waals surface area contributed by atoms with Crippen LogP contribution in [0.2, 0.25) is 0 Å². The number of rotatable bonds is 4. The summed E-state index contributed by atoms with van der Waals surface area (Å²) in [6, 6.07) is 3.74. The number of imidazole rings is 1. The average Bonchev–Trinajstić information content (AvgIpc) is 3.26. The minimum absolute atomic E-state index is 0.0828. The maximum atomic E-state index is 12.6. The van der Waals surface area contributed by atoms with Gasteiger partial charge in [0.25, 0.3) is 5.91 Å². The van der Waals surface area contributed by atoms with Crippen LogP contribution in [0.15, 0.2) is 28.2 Å². The smallest absolute Gasteiger partial charge is 0.253 e. The number of piperidine rings is 1. The summed E-state index contributed by atoms with van der Waals surface area (Å²) in [4.78, 5) is 25.7. The first kappa shape index (κ1) is 16.7. The molecule has 3 aromatic heterocycles. The summed E-state index contributed by atoms with van der Waals surface area (Å²) >= 11 is 5.04. The molecular weight excluding hydrogens is 402 g/mol. The zero-order chi connectivity index (χ0) is 17.2. The number of pyridine rings is 1. The molecule has 3 aromatic rings. The topological polar surface area (TPSA) is 82.7 Å². The van der Waals surface area contributed by atoms with Crippen LogP contribution in [0.5, 0.6) is 0 Å². The van der Waals surface area contributed by atoms with E-state index in [1.165, 1.54) is 6.42 Å². The molecule has 4 heterocycles. The lowest BCUT2D eigenvalue weighted by Gasteiger charge is -2.22. The van der Waals surface area contributed by atoms with Gasteiger partial charge in [0.05, 0.1) is 16.0 Å². The molecule has 1 amide bonds. The van der Waals surface area contributed by atoms with Crippen LogP contribution in [0.3, 0.4) is 0 Å². The van der Waals surface area contributed by atoms with Gasteiger partial charge in [0.1, 0.15) is 0 Å². The Balaban J connectivity index is 1.56. The number of fused-ring (bicyclic) bond motifs is 1. The lowest BCUT2D eigenvalue weighted by Crippen LogP contribution is -2.38. The van der Waals surface area contributed by atoms with Crippen LogP contribution < -0.4 is 10.6 Å². The molecule has 0 aromatic carbocycles. The lowest BCUT2D eigenvalue weighted by atomic mass is 10.00. The Labute approximate surface area is 157 Å². The highest BCUT2D eigenvalue weighted by molar-refractivity contribution is 9.10. The highest BCUT2D eigenvalue weighted by Crippen LogP contribution is 2.29. The first-order valence-corrected chi connectivity index (χ1v) is 9.96. The number of aromatic nitrogens is 3. The van der Waals surface area contributed by atoms with Crippen molar-refractivity contribution in [3.63, 3.8) is 0 Å². The van der Waals surface area contributed by atoms with Crippen LogP contribution in [-0.4, -0.2) is 40.5 Å². The molecule has 0 spiro atoms. The van der Waals surface area contributed by atoms with E-state index in [0.717, 1.165) is 34.7 Å². The highest BCUT2D eigenvalue weighted by atomic mass is 79.9. The van der Waals surface area contributed by atoms with Crippen molar-refractivity contribution in [2.75, 3.05) is 19.6 Å². The molecule has 0 aliphatic carbocycles. The number of halogens is 1. The molecule has 3 N–H and O–H groups in total. The van der Waals surface area contributed by atoms with Crippen molar-refractivity contribution in [2.24, 2.45) is 5.92 Å². The van der Waals surface area contributed by atoms with Crippen molar-refractivity contribution >= 4 is 44.3 Å². The quantitative estimate of drug-likeness (QED) is 0.606. The van der Waals surface area contributed by atoms with Crippen LogP contribution in [0.1, 0.15) is 23.2 Å². The predicted molar refractivity (Wildman–Crippen MR) is 103 cm³/mol. The number of hydrogen-bond acceptors (Lipinski definition) is 5. The molecule has 8 heteroatoms. The first-order valence-electron chi connectivity index (χ1n) is 8.29. The summed E-state index contributed by atoms with van der Waals surface area (Å²) in [5.74, 6) is 1.14. The number of carbonyl (C=O) groups is 1. The third-order valence-corrected chi connectivity index (χ3v) is 6.09. The largest absolute Gasteiger partial charge is 0.352 e. The molecule has 1 fully saturated rings. The molecule has 0 radical (unpaired) electrons. The number of thiophene rings is 1. The van der Waals surface area contributed by atoms with E-state index in [4.69, 9.17) is 0 Å². The van der Waals surface area contributed by atoms with E-state index in [-0.39, 0.29) is 5.91 Å². The standard InChI is InChI=1S/C17H18BrN5OS/c18-11-6-13(25-9-11)15-22-14-12(3-5-20-16(14)23-15)17(24)21-8-10-2-1-4-19-7-10/h3,5-6,9-10,19H,1-2,4,7-8H2,(H,21,24)(H,20,22,23)/t10-/m0/s1. The van der Waals surface area contributed by atoms with Gasteiger partial charge in [-0.05, 0) is 59.9 Å². The van der Waals surface area contributed by atoms with E-state index in [1.807, 2.05) is 11.4 Å². The van der Waals surface area contributed by atoms with E-state index in [0.29, 0.717) is 29.2 Å². The number of H-pyrrole nitrogens is 1.